The summed E-state index contributed by atoms with van der Waals surface area (Å²) in [6.45, 7) is -0.0956. The Balaban J connectivity index is 2.39. The molecule has 1 aliphatic heterocycles. The first-order valence-electron chi connectivity index (χ1n) is 4.42. The van der Waals surface area contributed by atoms with Crippen molar-refractivity contribution in [1.82, 2.24) is 5.32 Å². The molecule has 0 saturated carbocycles. The number of aliphatic hydroxyl groups excluding tert-OH is 1. The Kier molecular flexibility index (Phi) is 4.38. The van der Waals surface area contributed by atoms with Crippen LogP contribution in [0.4, 0.5) is 4.79 Å². The molecule has 1 unspecified atom stereocenters. The smallest absolute Gasteiger partial charge is 0.404 e. The molecular weight excluding hydrogens is 190 g/mol. The molecule has 3 N–H and O–H groups in total. The number of amides is 1. The molecule has 1 aliphatic rings. The molecule has 1 saturated heterocycles. The number of hydrogen-bond acceptors (Lipinski definition) is 3. The van der Waals surface area contributed by atoms with Crippen molar-refractivity contribution in [3.8, 4) is 0 Å². The molecule has 0 spiro atoms. The van der Waals surface area contributed by atoms with Crippen LogP contribution in [0, 0.1) is 5.92 Å². The molecule has 0 aliphatic carbocycles. The number of hydrogen-bond donors (Lipinski definition) is 3. The average Bonchev–Trinajstić information content (AvgIpc) is 2.15. The average molecular weight is 205 g/mol. The molecular formula is C8H15NO3S. The van der Waals surface area contributed by atoms with Crippen LogP contribution in [0.15, 0.2) is 0 Å². The maximum absolute atomic E-state index is 10.4. The number of aliphatic hydroxyl groups is 1. The molecule has 5 heteroatoms. The minimum Gasteiger partial charge on any atom is -0.465 e. The Bertz CT molecular complexity index is 171. The summed E-state index contributed by atoms with van der Waals surface area (Å²) in [6.07, 6.45) is 0.948. The van der Waals surface area contributed by atoms with Crippen molar-refractivity contribution in [2.75, 3.05) is 18.1 Å². The molecule has 1 atom stereocenters. The van der Waals surface area contributed by atoms with Gasteiger partial charge in [0.25, 0.3) is 0 Å². The monoisotopic (exact) mass is 205 g/mol. The number of carbonyl (C=O) groups is 1. The Morgan fingerprint density at radius 1 is 1.54 bits per heavy atom. The van der Waals surface area contributed by atoms with Gasteiger partial charge in [-0.05, 0) is 30.3 Å². The van der Waals surface area contributed by atoms with Gasteiger partial charge in [0.1, 0.15) is 0 Å². The van der Waals surface area contributed by atoms with Crippen molar-refractivity contribution in [2.24, 2.45) is 5.92 Å². The number of carboxylic acid groups (broad SMARTS) is 1. The van der Waals surface area contributed by atoms with E-state index in [0.717, 1.165) is 24.3 Å². The Morgan fingerprint density at radius 3 is 2.62 bits per heavy atom. The highest BCUT2D eigenvalue weighted by Gasteiger charge is 2.24. The Morgan fingerprint density at radius 2 is 2.15 bits per heavy atom. The molecule has 4 nitrogen and oxygen atoms in total. The maximum atomic E-state index is 10.4. The van der Waals surface area contributed by atoms with Crippen LogP contribution in [0.5, 0.6) is 0 Å². The van der Waals surface area contributed by atoms with Crippen molar-refractivity contribution >= 4 is 17.9 Å². The van der Waals surface area contributed by atoms with Crippen molar-refractivity contribution in [2.45, 2.75) is 18.9 Å². The van der Waals surface area contributed by atoms with Gasteiger partial charge in [0.2, 0.25) is 0 Å². The fourth-order valence-electron chi connectivity index (χ4n) is 1.59. The van der Waals surface area contributed by atoms with E-state index in [2.05, 4.69) is 5.32 Å². The van der Waals surface area contributed by atoms with Crippen LogP contribution < -0.4 is 5.32 Å². The zero-order valence-corrected chi connectivity index (χ0v) is 8.22. The lowest BCUT2D eigenvalue weighted by molar-refractivity contribution is 0.158. The summed E-state index contributed by atoms with van der Waals surface area (Å²) < 4.78 is 0. The predicted molar refractivity (Wildman–Crippen MR) is 52.1 cm³/mol. The van der Waals surface area contributed by atoms with Crippen molar-refractivity contribution in [1.29, 1.82) is 0 Å². The first-order valence-corrected chi connectivity index (χ1v) is 5.57. The van der Waals surface area contributed by atoms with Gasteiger partial charge in [0.15, 0.2) is 0 Å². The maximum Gasteiger partial charge on any atom is 0.404 e. The minimum absolute atomic E-state index is 0.0956. The van der Waals surface area contributed by atoms with Gasteiger partial charge >= 0.3 is 6.09 Å². The number of nitrogens with one attached hydrogen (secondary N) is 1. The lowest BCUT2D eigenvalue weighted by Crippen LogP contribution is -2.43. The molecule has 0 bridgehead atoms. The van der Waals surface area contributed by atoms with Crippen LogP contribution in [0.2, 0.25) is 0 Å². The van der Waals surface area contributed by atoms with Gasteiger partial charge < -0.3 is 15.5 Å². The Labute approximate surface area is 81.7 Å². The SMILES string of the molecule is O=C(O)NC(CO)C1CCSCC1. The lowest BCUT2D eigenvalue weighted by atomic mass is 9.94. The fraction of sp³-hybridized carbons (Fsp3) is 0.875. The summed E-state index contributed by atoms with van der Waals surface area (Å²) in [7, 11) is 0. The number of thioether (sulfide) groups is 1. The second kappa shape index (κ2) is 5.34. The van der Waals surface area contributed by atoms with E-state index in [0.29, 0.717) is 5.92 Å². The van der Waals surface area contributed by atoms with E-state index in [-0.39, 0.29) is 12.6 Å². The summed E-state index contributed by atoms with van der Waals surface area (Å²) in [5.74, 6) is 2.45. The normalized spacial score (nSPS) is 21.0. The van der Waals surface area contributed by atoms with Crippen molar-refractivity contribution in [3.63, 3.8) is 0 Å². The third-order valence-electron chi connectivity index (χ3n) is 2.34. The van der Waals surface area contributed by atoms with Gasteiger partial charge in [0.05, 0.1) is 12.6 Å². The summed E-state index contributed by atoms with van der Waals surface area (Å²) in [5, 5.41) is 19.9. The molecule has 0 aromatic rings. The first kappa shape index (κ1) is 10.7. The summed E-state index contributed by atoms with van der Waals surface area (Å²) in [4.78, 5) is 10.4. The molecule has 0 aromatic heterocycles. The molecule has 13 heavy (non-hydrogen) atoms. The van der Waals surface area contributed by atoms with Gasteiger partial charge in [-0.25, -0.2) is 4.79 Å². The molecule has 0 radical (unpaired) electrons. The zero-order valence-electron chi connectivity index (χ0n) is 7.40. The van der Waals surface area contributed by atoms with Crippen molar-refractivity contribution in [3.05, 3.63) is 0 Å². The largest absolute Gasteiger partial charge is 0.465 e. The predicted octanol–water partition coefficient (Wildman–Crippen LogP) is 0.758. The van der Waals surface area contributed by atoms with Gasteiger partial charge in [0, 0.05) is 0 Å². The second-order valence-electron chi connectivity index (χ2n) is 3.19. The fourth-order valence-corrected chi connectivity index (χ4v) is 2.73. The van der Waals surface area contributed by atoms with Crippen LogP contribution >= 0.6 is 11.8 Å². The topological polar surface area (TPSA) is 69.6 Å². The highest BCUT2D eigenvalue weighted by molar-refractivity contribution is 7.99. The summed E-state index contributed by atoms with van der Waals surface area (Å²) >= 11 is 1.89. The van der Waals surface area contributed by atoms with Crippen LogP contribution in [0.3, 0.4) is 0 Å². The molecule has 1 rings (SSSR count). The van der Waals surface area contributed by atoms with E-state index in [9.17, 15) is 4.79 Å². The first-order chi connectivity index (χ1) is 6.24. The van der Waals surface area contributed by atoms with E-state index in [4.69, 9.17) is 10.2 Å². The zero-order chi connectivity index (χ0) is 9.68. The standard InChI is InChI=1S/C8H15NO3S/c10-5-7(9-8(11)12)6-1-3-13-4-2-6/h6-7,9-10H,1-5H2,(H,11,12). The molecule has 1 fully saturated rings. The van der Waals surface area contributed by atoms with Crippen molar-refractivity contribution < 1.29 is 15.0 Å². The minimum atomic E-state index is -1.04. The van der Waals surface area contributed by atoms with Crippen LogP contribution in [0.1, 0.15) is 12.8 Å². The summed E-state index contributed by atoms with van der Waals surface area (Å²) in [5.41, 5.74) is 0. The van der Waals surface area contributed by atoms with Gasteiger partial charge in [-0.2, -0.15) is 11.8 Å². The number of rotatable bonds is 3. The van der Waals surface area contributed by atoms with E-state index in [1.165, 1.54) is 0 Å². The van der Waals surface area contributed by atoms with Crippen LogP contribution in [-0.2, 0) is 0 Å². The van der Waals surface area contributed by atoms with E-state index >= 15 is 0 Å². The highest BCUT2D eigenvalue weighted by Crippen LogP contribution is 2.25. The van der Waals surface area contributed by atoms with Gasteiger partial charge in [-0.3, -0.25) is 0 Å². The second-order valence-corrected chi connectivity index (χ2v) is 4.41. The third kappa shape index (κ3) is 3.44. The molecule has 1 heterocycles. The molecule has 0 aromatic carbocycles. The van der Waals surface area contributed by atoms with Crippen LogP contribution in [0.25, 0.3) is 0 Å². The van der Waals surface area contributed by atoms with E-state index in [1.807, 2.05) is 11.8 Å². The van der Waals surface area contributed by atoms with Crippen LogP contribution in [-0.4, -0.2) is 40.5 Å². The van der Waals surface area contributed by atoms with Gasteiger partial charge in [-0.1, -0.05) is 0 Å². The lowest BCUT2D eigenvalue weighted by Gasteiger charge is -2.28. The van der Waals surface area contributed by atoms with E-state index in [1.54, 1.807) is 0 Å². The highest BCUT2D eigenvalue weighted by atomic mass is 32.2. The Hall–Kier alpha value is -0.420. The quantitative estimate of drug-likeness (QED) is 0.636. The van der Waals surface area contributed by atoms with Gasteiger partial charge in [-0.15, -0.1) is 0 Å². The molecule has 1 amide bonds. The van der Waals surface area contributed by atoms with E-state index < -0.39 is 6.09 Å². The summed E-state index contributed by atoms with van der Waals surface area (Å²) in [6, 6.07) is -0.279. The molecule has 76 valence electrons. The third-order valence-corrected chi connectivity index (χ3v) is 3.39.